The van der Waals surface area contributed by atoms with Crippen LogP contribution in [-0.2, 0) is 0 Å². The van der Waals surface area contributed by atoms with Crippen LogP contribution in [0, 0.1) is 11.8 Å². The van der Waals surface area contributed by atoms with Gasteiger partial charge >= 0.3 is 0 Å². The molecule has 2 aromatic rings. The summed E-state index contributed by atoms with van der Waals surface area (Å²) in [5, 5.41) is 0. The third-order valence-electron chi connectivity index (χ3n) is 4.78. The molecule has 25 heavy (non-hydrogen) atoms. The van der Waals surface area contributed by atoms with Gasteiger partial charge in [-0.3, -0.25) is 0 Å². The van der Waals surface area contributed by atoms with Crippen molar-refractivity contribution in [2.24, 2.45) is 11.8 Å². The van der Waals surface area contributed by atoms with E-state index in [4.69, 9.17) is 4.74 Å². The molecule has 0 radical (unpaired) electrons. The van der Waals surface area contributed by atoms with Crippen LogP contribution in [0.1, 0.15) is 77.3 Å². The molecule has 0 aliphatic rings. The summed E-state index contributed by atoms with van der Waals surface area (Å²) in [5.41, 5.74) is 2.78. The van der Waals surface area contributed by atoms with Crippen LogP contribution < -0.4 is 4.74 Å². The van der Waals surface area contributed by atoms with Crippen molar-refractivity contribution in [1.82, 2.24) is 0 Å². The highest BCUT2D eigenvalue weighted by Gasteiger charge is 2.09. The van der Waals surface area contributed by atoms with Crippen molar-refractivity contribution in [2.45, 2.75) is 66.2 Å². The molecule has 0 bridgehead atoms. The predicted molar refractivity (Wildman–Crippen MR) is 109 cm³/mol. The maximum atomic E-state index is 6.01. The van der Waals surface area contributed by atoms with E-state index in [9.17, 15) is 0 Å². The number of ether oxygens (including phenoxy) is 1. The second kappa shape index (κ2) is 9.08. The Morgan fingerprint density at radius 2 is 0.880 bits per heavy atom. The van der Waals surface area contributed by atoms with Gasteiger partial charge in [-0.25, -0.2) is 0 Å². The van der Waals surface area contributed by atoms with Gasteiger partial charge in [-0.15, -0.1) is 0 Å². The molecule has 1 heteroatoms. The van der Waals surface area contributed by atoms with Crippen molar-refractivity contribution in [2.75, 3.05) is 0 Å². The Labute approximate surface area is 154 Å². The second-order valence-corrected chi connectivity index (χ2v) is 8.30. The molecule has 0 saturated heterocycles. The zero-order valence-corrected chi connectivity index (χ0v) is 16.8. The first-order valence-electron chi connectivity index (χ1n) is 9.73. The highest BCUT2D eigenvalue weighted by Crippen LogP contribution is 2.29. The van der Waals surface area contributed by atoms with E-state index in [1.54, 1.807) is 0 Å². The minimum atomic E-state index is 0.593. The minimum Gasteiger partial charge on any atom is -0.457 e. The van der Waals surface area contributed by atoms with E-state index >= 15 is 0 Å². The Bertz CT molecular complexity index is 565. The van der Waals surface area contributed by atoms with Crippen molar-refractivity contribution in [1.29, 1.82) is 0 Å². The predicted octanol–water partition coefficient (Wildman–Crippen LogP) is 7.78. The molecule has 0 saturated carbocycles. The molecular weight excluding hydrogens is 304 g/mol. The molecule has 0 N–H and O–H groups in total. The highest BCUT2D eigenvalue weighted by atomic mass is 16.5. The van der Waals surface area contributed by atoms with Gasteiger partial charge in [-0.05, 0) is 71.9 Å². The van der Waals surface area contributed by atoms with Crippen LogP contribution in [0.2, 0.25) is 0 Å². The van der Waals surface area contributed by atoms with E-state index in [1.165, 1.54) is 24.0 Å². The van der Waals surface area contributed by atoms with E-state index in [-0.39, 0.29) is 0 Å². The van der Waals surface area contributed by atoms with Gasteiger partial charge in [0.25, 0.3) is 0 Å². The molecule has 2 unspecified atom stereocenters. The van der Waals surface area contributed by atoms with E-state index in [2.05, 4.69) is 90.1 Å². The first-order valence-corrected chi connectivity index (χ1v) is 9.73. The summed E-state index contributed by atoms with van der Waals surface area (Å²) >= 11 is 0. The van der Waals surface area contributed by atoms with Crippen molar-refractivity contribution >= 4 is 0 Å². The van der Waals surface area contributed by atoms with Crippen LogP contribution >= 0.6 is 0 Å². The third kappa shape index (κ3) is 6.23. The monoisotopic (exact) mass is 338 g/mol. The molecule has 0 aromatic heterocycles. The van der Waals surface area contributed by atoms with Crippen LogP contribution in [0.4, 0.5) is 0 Å². The van der Waals surface area contributed by atoms with Gasteiger partial charge in [0.15, 0.2) is 0 Å². The molecule has 2 rings (SSSR count). The van der Waals surface area contributed by atoms with E-state index < -0.39 is 0 Å². The molecule has 136 valence electrons. The zero-order valence-electron chi connectivity index (χ0n) is 16.8. The maximum absolute atomic E-state index is 6.01. The fourth-order valence-electron chi connectivity index (χ4n) is 3.55. The molecule has 0 spiro atoms. The van der Waals surface area contributed by atoms with Crippen molar-refractivity contribution in [3.8, 4) is 11.5 Å². The van der Waals surface area contributed by atoms with Crippen molar-refractivity contribution in [3.05, 3.63) is 59.7 Å². The lowest BCUT2D eigenvalue weighted by molar-refractivity contribution is 0.480. The molecular formula is C24H34O. The Morgan fingerprint density at radius 3 is 1.16 bits per heavy atom. The minimum absolute atomic E-state index is 0.593. The normalized spacial score (nSPS) is 13.9. The Morgan fingerprint density at radius 1 is 0.560 bits per heavy atom. The van der Waals surface area contributed by atoms with Gasteiger partial charge < -0.3 is 4.74 Å². The number of rotatable bonds is 8. The summed E-state index contributed by atoms with van der Waals surface area (Å²) in [6, 6.07) is 17.1. The van der Waals surface area contributed by atoms with E-state index in [1.807, 2.05) is 0 Å². The summed E-state index contributed by atoms with van der Waals surface area (Å²) in [5.74, 6) is 4.45. The average Bonchev–Trinajstić information content (AvgIpc) is 2.55. The Kier molecular flexibility index (Phi) is 7.11. The lowest BCUT2D eigenvalue weighted by atomic mass is 9.92. The fourth-order valence-corrected chi connectivity index (χ4v) is 3.55. The smallest absolute Gasteiger partial charge is 0.127 e. The van der Waals surface area contributed by atoms with Crippen LogP contribution in [0.3, 0.4) is 0 Å². The fraction of sp³-hybridized carbons (Fsp3) is 0.500. The largest absolute Gasteiger partial charge is 0.457 e. The molecule has 2 atom stereocenters. The maximum Gasteiger partial charge on any atom is 0.127 e. The van der Waals surface area contributed by atoms with Gasteiger partial charge in [-0.1, -0.05) is 65.8 Å². The van der Waals surface area contributed by atoms with Crippen LogP contribution in [0.25, 0.3) is 0 Å². The third-order valence-corrected chi connectivity index (χ3v) is 4.78. The first kappa shape index (κ1) is 19.6. The number of benzene rings is 2. The Balaban J connectivity index is 1.98. The van der Waals surface area contributed by atoms with E-state index in [0.29, 0.717) is 11.8 Å². The van der Waals surface area contributed by atoms with Crippen molar-refractivity contribution < 1.29 is 4.74 Å². The Hall–Kier alpha value is -1.76. The first-order chi connectivity index (χ1) is 11.8. The van der Waals surface area contributed by atoms with Crippen LogP contribution in [0.15, 0.2) is 48.5 Å². The summed E-state index contributed by atoms with van der Waals surface area (Å²) in [7, 11) is 0. The lowest BCUT2D eigenvalue weighted by Gasteiger charge is -2.16. The van der Waals surface area contributed by atoms with Crippen LogP contribution in [0.5, 0.6) is 11.5 Å². The topological polar surface area (TPSA) is 9.23 Å². The molecule has 0 fully saturated rings. The van der Waals surface area contributed by atoms with Crippen LogP contribution in [-0.4, -0.2) is 0 Å². The summed E-state index contributed by atoms with van der Waals surface area (Å²) in [6.07, 6.45) is 2.44. The van der Waals surface area contributed by atoms with E-state index in [0.717, 1.165) is 23.3 Å². The lowest BCUT2D eigenvalue weighted by Crippen LogP contribution is -1.99. The molecule has 0 amide bonds. The van der Waals surface area contributed by atoms with Gasteiger partial charge in [0.2, 0.25) is 0 Å². The van der Waals surface area contributed by atoms with Crippen molar-refractivity contribution in [3.63, 3.8) is 0 Å². The average molecular weight is 339 g/mol. The second-order valence-electron chi connectivity index (χ2n) is 8.30. The quantitative estimate of drug-likeness (QED) is 0.477. The molecule has 1 nitrogen and oxygen atoms in total. The van der Waals surface area contributed by atoms with Gasteiger partial charge in [0, 0.05) is 0 Å². The molecule has 0 aliphatic carbocycles. The summed E-state index contributed by atoms with van der Waals surface area (Å²) < 4.78 is 6.01. The number of hydrogen-bond acceptors (Lipinski definition) is 1. The molecule has 0 heterocycles. The van der Waals surface area contributed by atoms with Gasteiger partial charge in [0.1, 0.15) is 11.5 Å². The van der Waals surface area contributed by atoms with Gasteiger partial charge in [0.05, 0.1) is 0 Å². The molecule has 2 aromatic carbocycles. The summed E-state index contributed by atoms with van der Waals surface area (Å²) in [4.78, 5) is 0. The number of hydrogen-bond donors (Lipinski definition) is 0. The standard InChI is InChI=1S/C24H34O/c1-17(2)15-19(5)21-7-11-23(12-8-21)25-24-13-9-22(10-14-24)20(6)16-18(3)4/h7-14,17-20H,15-16H2,1-6H3. The zero-order chi connectivity index (χ0) is 18.4. The SMILES string of the molecule is CC(C)CC(C)c1ccc(Oc2ccc(C(C)CC(C)C)cc2)cc1. The summed E-state index contributed by atoms with van der Waals surface area (Å²) in [6.45, 7) is 13.7. The molecule has 0 aliphatic heterocycles. The van der Waals surface area contributed by atoms with Gasteiger partial charge in [-0.2, -0.15) is 0 Å². The highest BCUT2D eigenvalue weighted by molar-refractivity contribution is 5.36.